The number of aromatic nitrogens is 2. The largest absolute Gasteiger partial charge is 0.444 e. The van der Waals surface area contributed by atoms with Crippen LogP contribution in [0.1, 0.15) is 52.2 Å². The Kier molecular flexibility index (Phi) is 9.80. The van der Waals surface area contributed by atoms with E-state index in [1.165, 1.54) is 31.6 Å². The molecule has 0 spiro atoms. The molecule has 0 bridgehead atoms. The highest BCUT2D eigenvalue weighted by Gasteiger charge is 2.32. The van der Waals surface area contributed by atoms with Crippen LogP contribution in [0.3, 0.4) is 0 Å². The summed E-state index contributed by atoms with van der Waals surface area (Å²) in [5.74, 6) is -1.17. The molecule has 0 fully saturated rings. The SMILES string of the molecule is CC[C@H](C)[C@H](NC(=O)[C@H](Cc1cn(S(=O)(=O)c2ccc(C)cc2)c2ncccc12)NC(=O)OC(C)(C)C)C(=O)NC. The summed E-state index contributed by atoms with van der Waals surface area (Å²) in [6.07, 6.45) is 2.60. The molecule has 0 aliphatic heterocycles. The number of rotatable bonds is 10. The van der Waals surface area contributed by atoms with E-state index in [0.29, 0.717) is 17.4 Å². The first-order valence-corrected chi connectivity index (χ1v) is 14.9. The Hall–Kier alpha value is -3.93. The third-order valence-electron chi connectivity index (χ3n) is 6.66. The van der Waals surface area contributed by atoms with Crippen LogP contribution in [0.2, 0.25) is 0 Å². The van der Waals surface area contributed by atoms with E-state index in [1.807, 2.05) is 20.8 Å². The Morgan fingerprint density at radius 2 is 1.71 bits per heavy atom. The number of benzene rings is 1. The number of ether oxygens (including phenoxy) is 1. The summed E-state index contributed by atoms with van der Waals surface area (Å²) >= 11 is 0. The Labute approximate surface area is 241 Å². The van der Waals surface area contributed by atoms with Gasteiger partial charge in [0.1, 0.15) is 17.7 Å². The van der Waals surface area contributed by atoms with Crippen molar-refractivity contribution in [3.8, 4) is 0 Å². The quantitative estimate of drug-likeness (QED) is 0.331. The zero-order valence-corrected chi connectivity index (χ0v) is 25.3. The molecule has 0 radical (unpaired) electrons. The van der Waals surface area contributed by atoms with Gasteiger partial charge in [-0.3, -0.25) is 9.59 Å². The average Bonchev–Trinajstić information content (AvgIpc) is 3.28. The van der Waals surface area contributed by atoms with Gasteiger partial charge in [0.05, 0.1) is 4.90 Å². The van der Waals surface area contributed by atoms with Gasteiger partial charge >= 0.3 is 6.09 Å². The van der Waals surface area contributed by atoms with Crippen molar-refractivity contribution in [1.82, 2.24) is 24.9 Å². The van der Waals surface area contributed by atoms with E-state index >= 15 is 0 Å². The fraction of sp³-hybridized carbons (Fsp3) is 0.448. The second kappa shape index (κ2) is 12.7. The highest BCUT2D eigenvalue weighted by atomic mass is 32.2. The van der Waals surface area contributed by atoms with Gasteiger partial charge in [-0.05, 0) is 63.4 Å². The molecule has 3 atom stereocenters. The molecule has 11 nitrogen and oxygen atoms in total. The monoisotopic (exact) mass is 585 g/mol. The minimum absolute atomic E-state index is 0.0837. The number of hydrogen-bond acceptors (Lipinski definition) is 7. The van der Waals surface area contributed by atoms with Crippen molar-refractivity contribution in [2.24, 2.45) is 5.92 Å². The zero-order chi connectivity index (χ0) is 30.5. The van der Waals surface area contributed by atoms with Crippen LogP contribution in [0.5, 0.6) is 0 Å². The van der Waals surface area contributed by atoms with Crippen LogP contribution in [-0.2, 0) is 30.8 Å². The Balaban J connectivity index is 2.05. The van der Waals surface area contributed by atoms with Gasteiger partial charge in [-0.25, -0.2) is 22.2 Å². The summed E-state index contributed by atoms with van der Waals surface area (Å²) in [7, 11) is -2.54. The number of carbonyl (C=O) groups is 3. The second-order valence-electron chi connectivity index (χ2n) is 11.0. The normalized spacial score (nSPS) is 14.1. The molecule has 0 aliphatic rings. The minimum atomic E-state index is -4.02. The van der Waals surface area contributed by atoms with Crippen molar-refractivity contribution in [2.45, 2.75) is 77.0 Å². The van der Waals surface area contributed by atoms with Crippen molar-refractivity contribution in [2.75, 3.05) is 7.05 Å². The number of carbonyl (C=O) groups excluding carboxylic acids is 3. The lowest BCUT2D eigenvalue weighted by molar-refractivity contribution is -0.131. The fourth-order valence-electron chi connectivity index (χ4n) is 4.26. The van der Waals surface area contributed by atoms with Crippen molar-refractivity contribution >= 4 is 39.0 Å². The lowest BCUT2D eigenvalue weighted by Gasteiger charge is -2.27. The summed E-state index contributed by atoms with van der Waals surface area (Å²) in [6.45, 7) is 10.7. The van der Waals surface area contributed by atoms with E-state index in [0.717, 1.165) is 9.54 Å². The number of fused-ring (bicyclic) bond motifs is 1. The number of aryl methyl sites for hydroxylation is 1. The molecule has 0 saturated carbocycles. The molecule has 3 amide bonds. The van der Waals surface area contributed by atoms with Gasteiger partial charge in [-0.15, -0.1) is 0 Å². The lowest BCUT2D eigenvalue weighted by Crippen LogP contribution is -2.56. The van der Waals surface area contributed by atoms with E-state index in [9.17, 15) is 22.8 Å². The molecular weight excluding hydrogens is 546 g/mol. The minimum Gasteiger partial charge on any atom is -0.444 e. The first-order chi connectivity index (χ1) is 19.2. The predicted molar refractivity (Wildman–Crippen MR) is 156 cm³/mol. The Morgan fingerprint density at radius 3 is 2.29 bits per heavy atom. The highest BCUT2D eigenvalue weighted by Crippen LogP contribution is 2.26. The van der Waals surface area contributed by atoms with Crippen LogP contribution in [0.15, 0.2) is 53.7 Å². The molecule has 2 heterocycles. The molecule has 3 N–H and O–H groups in total. The summed E-state index contributed by atoms with van der Waals surface area (Å²) < 4.78 is 33.7. The average molecular weight is 586 g/mol. The van der Waals surface area contributed by atoms with E-state index < -0.39 is 39.7 Å². The molecule has 0 aliphatic carbocycles. The van der Waals surface area contributed by atoms with Crippen LogP contribution in [-0.4, -0.2) is 60.0 Å². The predicted octanol–water partition coefficient (Wildman–Crippen LogP) is 3.29. The molecule has 0 saturated heterocycles. The van der Waals surface area contributed by atoms with Gasteiger partial charge in [0.15, 0.2) is 5.65 Å². The zero-order valence-electron chi connectivity index (χ0n) is 24.5. The summed E-state index contributed by atoms with van der Waals surface area (Å²) in [4.78, 5) is 43.3. The molecule has 2 aromatic heterocycles. The third kappa shape index (κ3) is 7.63. The number of alkyl carbamates (subject to hydrolysis) is 1. The molecule has 0 unspecified atom stereocenters. The van der Waals surface area contributed by atoms with Crippen molar-refractivity contribution in [3.05, 3.63) is 59.9 Å². The van der Waals surface area contributed by atoms with Crippen molar-refractivity contribution in [3.63, 3.8) is 0 Å². The third-order valence-corrected chi connectivity index (χ3v) is 8.33. The summed E-state index contributed by atoms with van der Waals surface area (Å²) in [6, 6.07) is 7.79. The van der Waals surface area contributed by atoms with Crippen molar-refractivity contribution < 1.29 is 27.5 Å². The van der Waals surface area contributed by atoms with E-state index in [4.69, 9.17) is 4.74 Å². The number of amides is 3. The first kappa shape index (κ1) is 31.6. The van der Waals surface area contributed by atoms with Gasteiger partial charge in [0.25, 0.3) is 10.0 Å². The summed E-state index contributed by atoms with van der Waals surface area (Å²) in [5.41, 5.74) is 0.728. The fourth-order valence-corrected chi connectivity index (χ4v) is 5.60. The lowest BCUT2D eigenvalue weighted by atomic mass is 9.97. The number of pyridine rings is 1. The van der Waals surface area contributed by atoms with Crippen LogP contribution in [0, 0.1) is 12.8 Å². The molecular formula is C29H39N5O6S. The summed E-state index contributed by atoms with van der Waals surface area (Å²) in [5, 5.41) is 8.43. The maximum atomic E-state index is 13.6. The molecule has 41 heavy (non-hydrogen) atoms. The van der Waals surface area contributed by atoms with Gasteiger partial charge in [-0.2, -0.15) is 0 Å². The van der Waals surface area contributed by atoms with E-state index in [-0.39, 0.29) is 28.8 Å². The van der Waals surface area contributed by atoms with Crippen LogP contribution in [0.4, 0.5) is 4.79 Å². The van der Waals surface area contributed by atoms with Gasteiger partial charge in [-0.1, -0.05) is 38.0 Å². The molecule has 1 aromatic carbocycles. The smallest absolute Gasteiger partial charge is 0.408 e. The van der Waals surface area contributed by atoms with Crippen molar-refractivity contribution in [1.29, 1.82) is 0 Å². The highest BCUT2D eigenvalue weighted by molar-refractivity contribution is 7.90. The Bertz CT molecular complexity index is 1510. The number of nitrogens with one attached hydrogen (secondary N) is 3. The molecule has 3 rings (SSSR count). The number of hydrogen-bond donors (Lipinski definition) is 3. The van der Waals surface area contributed by atoms with Crippen LogP contribution < -0.4 is 16.0 Å². The van der Waals surface area contributed by atoms with Crippen LogP contribution >= 0.6 is 0 Å². The van der Waals surface area contributed by atoms with Gasteiger partial charge in [0, 0.05) is 31.2 Å². The number of likely N-dealkylation sites (N-methyl/N-ethyl adjacent to an activating group) is 1. The van der Waals surface area contributed by atoms with Gasteiger partial charge < -0.3 is 20.7 Å². The van der Waals surface area contributed by atoms with Gasteiger partial charge in [0.2, 0.25) is 11.8 Å². The maximum absolute atomic E-state index is 13.6. The van der Waals surface area contributed by atoms with E-state index in [1.54, 1.807) is 45.0 Å². The molecule has 12 heteroatoms. The Morgan fingerprint density at radius 1 is 1.05 bits per heavy atom. The number of nitrogens with zero attached hydrogens (tertiary/aromatic N) is 2. The first-order valence-electron chi connectivity index (χ1n) is 13.5. The topological polar surface area (TPSA) is 148 Å². The second-order valence-corrected chi connectivity index (χ2v) is 12.8. The standard InChI is InChI=1S/C29H39N5O6S/c1-8-19(3)24(27(36)30-7)33-26(35)23(32-28(37)40-29(4,5)6)16-20-17-34(25-22(20)10-9-15-31-25)41(38,39)21-13-11-18(2)12-14-21/h9-15,17,19,23-24H,8,16H2,1-7H3,(H,30,36)(H,32,37)(H,33,35)/t19-,23-,24-/m0/s1. The van der Waals surface area contributed by atoms with Crippen LogP contribution in [0.25, 0.3) is 11.0 Å². The molecule has 222 valence electrons. The van der Waals surface area contributed by atoms with E-state index in [2.05, 4.69) is 20.9 Å². The maximum Gasteiger partial charge on any atom is 0.408 e. The molecule has 3 aromatic rings.